The summed E-state index contributed by atoms with van der Waals surface area (Å²) in [4.78, 5) is 0. The lowest BCUT2D eigenvalue weighted by Gasteiger charge is -2.16. The fraction of sp³-hybridized carbons (Fsp3) is 0.455. The fourth-order valence-corrected chi connectivity index (χ4v) is 1.34. The van der Waals surface area contributed by atoms with E-state index in [1.54, 1.807) is 0 Å². The number of ether oxygens (including phenoxy) is 1. The van der Waals surface area contributed by atoms with E-state index in [1.807, 2.05) is 24.3 Å². The van der Waals surface area contributed by atoms with E-state index < -0.39 is 0 Å². The Balaban J connectivity index is 2.50. The van der Waals surface area contributed by atoms with E-state index in [1.165, 1.54) is 0 Å². The zero-order valence-electron chi connectivity index (χ0n) is 8.53. The topological polar surface area (TPSA) is 35.2 Å². The van der Waals surface area contributed by atoms with Crippen LogP contribution in [-0.4, -0.2) is 12.6 Å². The van der Waals surface area contributed by atoms with Crippen molar-refractivity contribution >= 4 is 15.9 Å². The van der Waals surface area contributed by atoms with E-state index >= 15 is 0 Å². The Morgan fingerprint density at radius 2 is 2.00 bits per heavy atom. The molecule has 0 aliphatic carbocycles. The highest BCUT2D eigenvalue weighted by Crippen LogP contribution is 2.23. The van der Waals surface area contributed by atoms with Crippen molar-refractivity contribution in [1.82, 2.24) is 0 Å². The molecule has 2 N–H and O–H groups in total. The first-order chi connectivity index (χ1) is 6.61. The number of para-hydroxylation sites is 1. The summed E-state index contributed by atoms with van der Waals surface area (Å²) in [5.74, 6) is 1.29. The van der Waals surface area contributed by atoms with Crippen molar-refractivity contribution in [3.8, 4) is 5.75 Å². The lowest BCUT2D eigenvalue weighted by Crippen LogP contribution is -2.33. The second kappa shape index (κ2) is 5.37. The first kappa shape index (κ1) is 11.5. The molecule has 0 aliphatic heterocycles. The zero-order chi connectivity index (χ0) is 10.6. The highest BCUT2D eigenvalue weighted by molar-refractivity contribution is 9.10. The van der Waals surface area contributed by atoms with Gasteiger partial charge in [-0.1, -0.05) is 26.0 Å². The quantitative estimate of drug-likeness (QED) is 0.901. The summed E-state index contributed by atoms with van der Waals surface area (Å²) < 4.78 is 6.56. The normalized spacial score (nSPS) is 12.9. The van der Waals surface area contributed by atoms with Crippen molar-refractivity contribution < 1.29 is 4.74 Å². The van der Waals surface area contributed by atoms with Gasteiger partial charge in [-0.15, -0.1) is 0 Å². The van der Waals surface area contributed by atoms with Gasteiger partial charge in [0.2, 0.25) is 0 Å². The predicted molar refractivity (Wildman–Crippen MR) is 62.5 cm³/mol. The van der Waals surface area contributed by atoms with Gasteiger partial charge in [-0.25, -0.2) is 0 Å². The molecule has 0 spiro atoms. The molecule has 0 fully saturated rings. The summed E-state index contributed by atoms with van der Waals surface area (Å²) in [6.45, 7) is 4.74. The molecule has 78 valence electrons. The molecule has 0 saturated heterocycles. The van der Waals surface area contributed by atoms with Gasteiger partial charge in [-0.05, 0) is 34.0 Å². The van der Waals surface area contributed by atoms with E-state index in [0.29, 0.717) is 12.5 Å². The van der Waals surface area contributed by atoms with E-state index in [0.717, 1.165) is 10.2 Å². The highest BCUT2D eigenvalue weighted by atomic mass is 79.9. The van der Waals surface area contributed by atoms with Gasteiger partial charge >= 0.3 is 0 Å². The molecular weight excluding hydrogens is 242 g/mol. The Bertz CT molecular complexity index is 288. The van der Waals surface area contributed by atoms with Crippen molar-refractivity contribution in [2.75, 3.05) is 6.61 Å². The van der Waals surface area contributed by atoms with Gasteiger partial charge in [0.25, 0.3) is 0 Å². The first-order valence-corrected chi connectivity index (χ1v) is 5.53. The number of hydrogen-bond donors (Lipinski definition) is 1. The third-order valence-corrected chi connectivity index (χ3v) is 2.78. The van der Waals surface area contributed by atoms with Gasteiger partial charge < -0.3 is 10.5 Å². The largest absolute Gasteiger partial charge is 0.491 e. The smallest absolute Gasteiger partial charge is 0.133 e. The Morgan fingerprint density at radius 3 is 2.57 bits per heavy atom. The second-order valence-corrected chi connectivity index (χ2v) is 4.50. The van der Waals surface area contributed by atoms with Crippen LogP contribution in [-0.2, 0) is 0 Å². The van der Waals surface area contributed by atoms with Gasteiger partial charge in [0.1, 0.15) is 12.4 Å². The van der Waals surface area contributed by atoms with Crippen LogP contribution in [0.4, 0.5) is 0 Å². The first-order valence-electron chi connectivity index (χ1n) is 4.74. The van der Waals surface area contributed by atoms with Crippen molar-refractivity contribution in [3.05, 3.63) is 28.7 Å². The van der Waals surface area contributed by atoms with Crippen LogP contribution in [0.15, 0.2) is 28.7 Å². The molecule has 1 aromatic rings. The standard InChI is InChI=1S/C11H16BrNO/c1-8(2)10(13)7-14-11-6-4-3-5-9(11)12/h3-6,8,10H,7,13H2,1-2H3/t10-/m0/s1. The lowest BCUT2D eigenvalue weighted by molar-refractivity contribution is 0.258. The summed E-state index contributed by atoms with van der Waals surface area (Å²) in [5, 5.41) is 0. The van der Waals surface area contributed by atoms with Crippen LogP contribution >= 0.6 is 15.9 Å². The van der Waals surface area contributed by atoms with Gasteiger partial charge in [0.15, 0.2) is 0 Å². The third-order valence-electron chi connectivity index (χ3n) is 2.12. The molecule has 0 bridgehead atoms. The van der Waals surface area contributed by atoms with Gasteiger partial charge in [0, 0.05) is 6.04 Å². The molecule has 0 aromatic heterocycles. The minimum absolute atomic E-state index is 0.0853. The molecule has 1 aromatic carbocycles. The summed E-state index contributed by atoms with van der Waals surface area (Å²) in [6, 6.07) is 7.87. The van der Waals surface area contributed by atoms with Crippen molar-refractivity contribution in [3.63, 3.8) is 0 Å². The predicted octanol–water partition coefficient (Wildman–Crippen LogP) is 2.81. The van der Waals surface area contributed by atoms with E-state index in [4.69, 9.17) is 10.5 Å². The summed E-state index contributed by atoms with van der Waals surface area (Å²) in [6.07, 6.45) is 0. The molecule has 14 heavy (non-hydrogen) atoms. The molecule has 0 aliphatic rings. The molecule has 1 rings (SSSR count). The van der Waals surface area contributed by atoms with E-state index in [2.05, 4.69) is 29.8 Å². The van der Waals surface area contributed by atoms with Crippen LogP contribution in [0.25, 0.3) is 0 Å². The number of rotatable bonds is 4. The summed E-state index contributed by atoms with van der Waals surface area (Å²) >= 11 is 3.42. The monoisotopic (exact) mass is 257 g/mol. The van der Waals surface area contributed by atoms with Crippen LogP contribution in [0, 0.1) is 5.92 Å². The SMILES string of the molecule is CC(C)[C@@H](N)COc1ccccc1Br. The minimum atomic E-state index is 0.0853. The van der Waals surface area contributed by atoms with Gasteiger partial charge in [-0.2, -0.15) is 0 Å². The van der Waals surface area contributed by atoms with Crippen LogP contribution in [0.5, 0.6) is 5.75 Å². The Hall–Kier alpha value is -0.540. The molecule has 0 unspecified atom stereocenters. The summed E-state index contributed by atoms with van der Waals surface area (Å²) in [5.41, 5.74) is 5.87. The maximum atomic E-state index is 5.87. The molecule has 1 atom stereocenters. The van der Waals surface area contributed by atoms with Gasteiger partial charge in [0.05, 0.1) is 4.47 Å². The third kappa shape index (κ3) is 3.31. The minimum Gasteiger partial charge on any atom is -0.491 e. The Labute approximate surface area is 93.6 Å². The van der Waals surface area contributed by atoms with Crippen LogP contribution in [0.3, 0.4) is 0 Å². The Morgan fingerprint density at radius 1 is 1.36 bits per heavy atom. The van der Waals surface area contributed by atoms with E-state index in [-0.39, 0.29) is 6.04 Å². The molecule has 0 heterocycles. The van der Waals surface area contributed by atoms with Gasteiger partial charge in [-0.3, -0.25) is 0 Å². The van der Waals surface area contributed by atoms with E-state index in [9.17, 15) is 0 Å². The highest BCUT2D eigenvalue weighted by Gasteiger charge is 2.08. The number of nitrogens with two attached hydrogens (primary N) is 1. The average Bonchev–Trinajstić information content (AvgIpc) is 2.16. The maximum absolute atomic E-state index is 5.87. The zero-order valence-corrected chi connectivity index (χ0v) is 10.1. The maximum Gasteiger partial charge on any atom is 0.133 e. The molecule has 0 radical (unpaired) electrons. The van der Waals surface area contributed by atoms with Crippen LogP contribution in [0.2, 0.25) is 0 Å². The van der Waals surface area contributed by atoms with Crippen LogP contribution in [0.1, 0.15) is 13.8 Å². The number of hydrogen-bond acceptors (Lipinski definition) is 2. The van der Waals surface area contributed by atoms with Crippen molar-refractivity contribution in [2.24, 2.45) is 11.7 Å². The molecule has 2 nitrogen and oxygen atoms in total. The molecule has 0 amide bonds. The molecule has 3 heteroatoms. The van der Waals surface area contributed by atoms with Crippen molar-refractivity contribution in [1.29, 1.82) is 0 Å². The molecule has 0 saturated carbocycles. The average molecular weight is 258 g/mol. The number of halogens is 1. The summed E-state index contributed by atoms with van der Waals surface area (Å²) in [7, 11) is 0. The Kier molecular flexibility index (Phi) is 4.42. The van der Waals surface area contributed by atoms with Crippen molar-refractivity contribution in [2.45, 2.75) is 19.9 Å². The second-order valence-electron chi connectivity index (χ2n) is 3.65. The fourth-order valence-electron chi connectivity index (χ4n) is 0.940. The van der Waals surface area contributed by atoms with Crippen LogP contribution < -0.4 is 10.5 Å². The number of benzene rings is 1. The molecular formula is C11H16BrNO. The lowest BCUT2D eigenvalue weighted by atomic mass is 10.1.